The fraction of sp³-hybridized carbons (Fsp3) is 0.588. The van der Waals surface area contributed by atoms with E-state index in [2.05, 4.69) is 43.1 Å². The quantitative estimate of drug-likeness (QED) is 0.865. The van der Waals surface area contributed by atoms with E-state index < -0.39 is 0 Å². The lowest BCUT2D eigenvalue weighted by Gasteiger charge is -2.40. The van der Waals surface area contributed by atoms with Gasteiger partial charge in [0, 0.05) is 19.6 Å². The van der Waals surface area contributed by atoms with E-state index in [1.165, 1.54) is 0 Å². The molecule has 1 amide bonds. The summed E-state index contributed by atoms with van der Waals surface area (Å²) in [5, 5.41) is 3.26. The average Bonchev–Trinajstić information content (AvgIpc) is 2.43. The fourth-order valence-electron chi connectivity index (χ4n) is 2.88. The number of carbonyl (C=O) groups is 1. The number of nitrogens with one attached hydrogen (secondary N) is 1. The molecule has 0 spiro atoms. The third kappa shape index (κ3) is 3.04. The van der Waals surface area contributed by atoms with Gasteiger partial charge in [-0.05, 0) is 18.4 Å². The van der Waals surface area contributed by atoms with Crippen molar-refractivity contribution in [2.24, 2.45) is 5.92 Å². The van der Waals surface area contributed by atoms with Crippen molar-refractivity contribution in [2.45, 2.75) is 39.2 Å². The third-order valence-electron chi connectivity index (χ3n) is 4.46. The molecule has 0 aliphatic carbocycles. The summed E-state index contributed by atoms with van der Waals surface area (Å²) in [5.41, 5.74) is 1.15. The molecule has 1 fully saturated rings. The van der Waals surface area contributed by atoms with Crippen molar-refractivity contribution in [1.29, 1.82) is 0 Å². The summed E-state index contributed by atoms with van der Waals surface area (Å²) < 4.78 is 0. The molecular weight excluding hydrogens is 248 g/mol. The topological polar surface area (TPSA) is 32.3 Å². The van der Waals surface area contributed by atoms with Crippen LogP contribution in [-0.2, 0) is 4.79 Å². The van der Waals surface area contributed by atoms with Crippen molar-refractivity contribution >= 4 is 5.91 Å². The first-order valence-electron chi connectivity index (χ1n) is 7.75. The van der Waals surface area contributed by atoms with Crippen molar-refractivity contribution in [3.63, 3.8) is 0 Å². The molecule has 110 valence electrons. The van der Waals surface area contributed by atoms with Crippen LogP contribution in [0, 0.1) is 5.92 Å². The van der Waals surface area contributed by atoms with E-state index in [1.807, 2.05) is 18.2 Å². The first-order valence-corrected chi connectivity index (χ1v) is 7.75. The summed E-state index contributed by atoms with van der Waals surface area (Å²) in [6.45, 7) is 9.08. The van der Waals surface area contributed by atoms with Gasteiger partial charge in [-0.25, -0.2) is 0 Å². The highest BCUT2D eigenvalue weighted by atomic mass is 16.2. The summed E-state index contributed by atoms with van der Waals surface area (Å²) >= 11 is 0. The predicted molar refractivity (Wildman–Crippen MR) is 82.7 cm³/mol. The Morgan fingerprint density at radius 3 is 2.40 bits per heavy atom. The maximum atomic E-state index is 13.0. The molecule has 1 aliphatic heterocycles. The lowest BCUT2D eigenvalue weighted by atomic mass is 9.84. The van der Waals surface area contributed by atoms with Gasteiger partial charge in [0.15, 0.2) is 0 Å². The minimum absolute atomic E-state index is 0.0123. The minimum atomic E-state index is -0.0123. The molecule has 2 unspecified atom stereocenters. The standard InChI is InChI=1S/C17H26N2O/c1-4-13(3)16(14-9-7-6-8-10-14)17(20)19(5-2)15-11-18-12-15/h6-10,13,15-16,18H,4-5,11-12H2,1-3H3. The van der Waals surface area contributed by atoms with Crippen LogP contribution >= 0.6 is 0 Å². The molecule has 3 heteroatoms. The summed E-state index contributed by atoms with van der Waals surface area (Å²) in [6, 6.07) is 10.6. The Kier molecular flexibility index (Phi) is 5.18. The van der Waals surface area contributed by atoms with Crippen molar-refractivity contribution in [2.75, 3.05) is 19.6 Å². The van der Waals surface area contributed by atoms with E-state index in [0.29, 0.717) is 17.9 Å². The molecule has 1 saturated heterocycles. The van der Waals surface area contributed by atoms with Crippen LogP contribution in [-0.4, -0.2) is 36.5 Å². The smallest absolute Gasteiger partial charge is 0.230 e. The number of likely N-dealkylation sites (N-methyl/N-ethyl adjacent to an activating group) is 1. The Bertz CT molecular complexity index is 428. The Hall–Kier alpha value is -1.35. The Morgan fingerprint density at radius 2 is 1.95 bits per heavy atom. The molecule has 2 atom stereocenters. The maximum Gasteiger partial charge on any atom is 0.230 e. The van der Waals surface area contributed by atoms with Gasteiger partial charge in [-0.3, -0.25) is 4.79 Å². The Morgan fingerprint density at radius 1 is 1.30 bits per heavy atom. The summed E-state index contributed by atoms with van der Waals surface area (Å²) in [4.78, 5) is 15.1. The molecule has 3 nitrogen and oxygen atoms in total. The number of benzene rings is 1. The highest BCUT2D eigenvalue weighted by molar-refractivity contribution is 5.84. The second-order valence-electron chi connectivity index (χ2n) is 5.71. The molecule has 1 aliphatic rings. The van der Waals surface area contributed by atoms with Crippen molar-refractivity contribution in [1.82, 2.24) is 10.2 Å². The molecule has 0 radical (unpaired) electrons. The van der Waals surface area contributed by atoms with Crippen molar-refractivity contribution in [3.8, 4) is 0 Å². The molecule has 1 aromatic rings. The van der Waals surface area contributed by atoms with E-state index in [-0.39, 0.29) is 5.92 Å². The number of nitrogens with zero attached hydrogens (tertiary/aromatic N) is 1. The average molecular weight is 274 g/mol. The van der Waals surface area contributed by atoms with Crippen molar-refractivity contribution < 1.29 is 4.79 Å². The summed E-state index contributed by atoms with van der Waals surface area (Å²) in [6.07, 6.45) is 1.02. The molecule has 1 N–H and O–H groups in total. The monoisotopic (exact) mass is 274 g/mol. The van der Waals surface area contributed by atoms with E-state index in [9.17, 15) is 4.79 Å². The van der Waals surface area contributed by atoms with Gasteiger partial charge in [-0.15, -0.1) is 0 Å². The van der Waals surface area contributed by atoms with Crippen LogP contribution in [0.5, 0.6) is 0 Å². The second-order valence-corrected chi connectivity index (χ2v) is 5.71. The second kappa shape index (κ2) is 6.89. The van der Waals surface area contributed by atoms with Crippen LogP contribution in [0.4, 0.5) is 0 Å². The zero-order chi connectivity index (χ0) is 14.5. The van der Waals surface area contributed by atoms with Gasteiger partial charge in [-0.2, -0.15) is 0 Å². The molecule has 2 rings (SSSR count). The lowest BCUT2D eigenvalue weighted by molar-refractivity contribution is -0.137. The van der Waals surface area contributed by atoms with Crippen LogP contribution in [0.25, 0.3) is 0 Å². The van der Waals surface area contributed by atoms with Crippen LogP contribution in [0.1, 0.15) is 38.7 Å². The van der Waals surface area contributed by atoms with Crippen LogP contribution in [0.3, 0.4) is 0 Å². The summed E-state index contributed by atoms with van der Waals surface area (Å²) in [7, 11) is 0. The Labute approximate surface area is 122 Å². The number of amides is 1. The van der Waals surface area contributed by atoms with E-state index in [1.54, 1.807) is 0 Å². The largest absolute Gasteiger partial charge is 0.337 e. The molecule has 0 bridgehead atoms. The normalized spacial score (nSPS) is 18.1. The van der Waals surface area contributed by atoms with Crippen LogP contribution in [0.15, 0.2) is 30.3 Å². The molecule has 20 heavy (non-hydrogen) atoms. The first-order chi connectivity index (χ1) is 9.69. The molecule has 0 saturated carbocycles. The number of hydrogen-bond acceptors (Lipinski definition) is 2. The SMILES string of the molecule is CCC(C)C(C(=O)N(CC)C1CNC1)c1ccccc1. The number of hydrogen-bond donors (Lipinski definition) is 1. The van der Waals surface area contributed by atoms with Gasteiger partial charge in [0.05, 0.1) is 12.0 Å². The highest BCUT2D eigenvalue weighted by Gasteiger charge is 2.34. The molecular formula is C17H26N2O. The molecule has 0 aromatic heterocycles. The van der Waals surface area contributed by atoms with E-state index >= 15 is 0 Å². The zero-order valence-electron chi connectivity index (χ0n) is 12.8. The zero-order valence-corrected chi connectivity index (χ0v) is 12.8. The third-order valence-corrected chi connectivity index (χ3v) is 4.46. The predicted octanol–water partition coefficient (Wildman–Crippen LogP) is 2.64. The van der Waals surface area contributed by atoms with Gasteiger partial charge in [-0.1, -0.05) is 50.6 Å². The van der Waals surface area contributed by atoms with Gasteiger partial charge < -0.3 is 10.2 Å². The van der Waals surface area contributed by atoms with Gasteiger partial charge >= 0.3 is 0 Å². The Balaban J connectivity index is 2.23. The highest BCUT2D eigenvalue weighted by Crippen LogP contribution is 2.30. The maximum absolute atomic E-state index is 13.0. The van der Waals surface area contributed by atoms with Crippen LogP contribution in [0.2, 0.25) is 0 Å². The lowest BCUT2D eigenvalue weighted by Crippen LogP contribution is -2.59. The van der Waals surface area contributed by atoms with E-state index in [0.717, 1.165) is 31.6 Å². The minimum Gasteiger partial charge on any atom is -0.337 e. The first kappa shape index (κ1) is 15.0. The number of rotatable bonds is 6. The van der Waals surface area contributed by atoms with Crippen molar-refractivity contribution in [3.05, 3.63) is 35.9 Å². The van der Waals surface area contributed by atoms with Gasteiger partial charge in [0.1, 0.15) is 0 Å². The number of carbonyl (C=O) groups excluding carboxylic acids is 1. The molecule has 1 heterocycles. The van der Waals surface area contributed by atoms with Gasteiger partial charge in [0.2, 0.25) is 5.91 Å². The van der Waals surface area contributed by atoms with Gasteiger partial charge in [0.25, 0.3) is 0 Å². The summed E-state index contributed by atoms with van der Waals surface area (Å²) in [5.74, 6) is 0.647. The van der Waals surface area contributed by atoms with Crippen LogP contribution < -0.4 is 5.32 Å². The molecule has 1 aromatic carbocycles. The fourth-order valence-corrected chi connectivity index (χ4v) is 2.88. The van der Waals surface area contributed by atoms with E-state index in [4.69, 9.17) is 0 Å².